The van der Waals surface area contributed by atoms with Crippen LogP contribution in [0.2, 0.25) is 0 Å². The number of Topliss-reactive ketones (excluding diaryl/α,β-unsaturated/α-hetero) is 1. The van der Waals surface area contributed by atoms with Gasteiger partial charge in [0, 0.05) is 37.5 Å². The van der Waals surface area contributed by atoms with Gasteiger partial charge in [0.05, 0.1) is 29.5 Å². The molecule has 0 aliphatic heterocycles. The van der Waals surface area contributed by atoms with Gasteiger partial charge < -0.3 is 15.8 Å². The van der Waals surface area contributed by atoms with Crippen molar-refractivity contribution < 1.29 is 9.53 Å². The maximum absolute atomic E-state index is 12.4. The summed E-state index contributed by atoms with van der Waals surface area (Å²) in [6, 6.07) is 5.65. The number of hydrogen-bond acceptors (Lipinski definition) is 7. The van der Waals surface area contributed by atoms with Gasteiger partial charge in [0.25, 0.3) is 0 Å². The van der Waals surface area contributed by atoms with Gasteiger partial charge in [-0.3, -0.25) is 9.48 Å². The van der Waals surface area contributed by atoms with Crippen LogP contribution in [0.1, 0.15) is 37.6 Å². The number of methoxy groups -OCH3 is 1. The van der Waals surface area contributed by atoms with Crippen molar-refractivity contribution in [3.63, 3.8) is 0 Å². The number of hydrogen-bond donors (Lipinski definition) is 2. The molecule has 3 rings (SSSR count). The normalized spacial score (nSPS) is 11.0. The monoisotopic (exact) mass is 440 g/mol. The Balaban J connectivity index is 2.06. The second-order valence-corrected chi connectivity index (χ2v) is 9.78. The molecule has 0 spiro atoms. The fourth-order valence-electron chi connectivity index (χ4n) is 3.49. The van der Waals surface area contributed by atoms with Crippen molar-refractivity contribution in [2.45, 2.75) is 27.2 Å². The lowest BCUT2D eigenvalue weighted by atomic mass is 10.1. The topological polar surface area (TPSA) is 108 Å². The number of aromatic nitrogens is 4. The van der Waals surface area contributed by atoms with Crippen molar-refractivity contribution >= 4 is 36.5 Å². The third kappa shape index (κ3) is 4.69. The van der Waals surface area contributed by atoms with E-state index in [0.29, 0.717) is 35.1 Å². The van der Waals surface area contributed by atoms with Gasteiger partial charge in [-0.1, -0.05) is 28.7 Å². The van der Waals surface area contributed by atoms with Gasteiger partial charge in [0.1, 0.15) is 5.82 Å². The lowest BCUT2D eigenvalue weighted by Gasteiger charge is -2.15. The minimum absolute atomic E-state index is 0.0352. The molecule has 0 atom stereocenters. The molecule has 0 unspecified atom stereocenters. The minimum Gasteiger partial charge on any atom is -0.492 e. The molecule has 0 radical (unpaired) electrons. The third-order valence-corrected chi connectivity index (χ3v) is 7.72. The number of ether oxygens (including phenoxy) is 1. The maximum Gasteiger partial charge on any atom is 0.173 e. The number of pyridine rings is 2. The van der Waals surface area contributed by atoms with Crippen LogP contribution in [0.25, 0.3) is 11.3 Å². The van der Waals surface area contributed by atoms with Crippen LogP contribution >= 0.6 is 7.92 Å². The van der Waals surface area contributed by atoms with E-state index in [-0.39, 0.29) is 13.7 Å². The summed E-state index contributed by atoms with van der Waals surface area (Å²) in [5, 5.41) is 7.96. The standard InChI is InChI=1S/C22H29N6O2P/c1-6-18(29)15-13-25-19(23)11-16(15)26-22-21(30-5)14(9-10-24-22)17-12-20(28(4)27-17)31(7-2)8-3/h9-13H,6-8H2,1-5H3,(H3,23,24,25,26). The van der Waals surface area contributed by atoms with Crippen molar-refractivity contribution in [3.05, 3.63) is 36.2 Å². The van der Waals surface area contributed by atoms with E-state index in [1.807, 2.05) is 24.7 Å². The van der Waals surface area contributed by atoms with Gasteiger partial charge in [0.15, 0.2) is 17.4 Å². The molecule has 0 amide bonds. The lowest BCUT2D eigenvalue weighted by molar-refractivity contribution is 0.0988. The lowest BCUT2D eigenvalue weighted by Crippen LogP contribution is -2.14. The number of aryl methyl sites for hydroxylation is 1. The Bertz CT molecular complexity index is 1080. The molecule has 31 heavy (non-hydrogen) atoms. The fourth-order valence-corrected chi connectivity index (χ4v) is 5.35. The SMILES string of the molecule is CCC(=O)c1cnc(N)cc1Nc1nccc(-c2cc(P(CC)CC)n(C)n2)c1OC. The van der Waals surface area contributed by atoms with Crippen LogP contribution in [0.4, 0.5) is 17.3 Å². The molecule has 0 saturated carbocycles. The summed E-state index contributed by atoms with van der Waals surface area (Å²) in [4.78, 5) is 20.9. The molecule has 8 nitrogen and oxygen atoms in total. The number of carbonyl (C=O) groups excluding carboxylic acids is 1. The predicted octanol–water partition coefficient (Wildman–Crippen LogP) is 3.95. The van der Waals surface area contributed by atoms with E-state index in [2.05, 4.69) is 35.2 Å². The summed E-state index contributed by atoms with van der Waals surface area (Å²) >= 11 is 0. The number of nitrogens with two attached hydrogens (primary N) is 1. The number of carbonyl (C=O) groups is 1. The molecule has 3 aromatic rings. The smallest absolute Gasteiger partial charge is 0.173 e. The number of rotatable bonds is 9. The molecule has 0 fully saturated rings. The molecule has 3 aromatic heterocycles. The molecule has 164 valence electrons. The Hall–Kier alpha value is -2.99. The quantitative estimate of drug-likeness (QED) is 0.383. The van der Waals surface area contributed by atoms with Gasteiger partial charge >= 0.3 is 0 Å². The first-order valence-electron chi connectivity index (χ1n) is 10.3. The van der Waals surface area contributed by atoms with E-state index in [9.17, 15) is 4.79 Å². The molecule has 0 aliphatic carbocycles. The zero-order chi connectivity index (χ0) is 22.5. The molecule has 0 bridgehead atoms. The van der Waals surface area contributed by atoms with Crippen molar-refractivity contribution in [3.8, 4) is 17.0 Å². The molecule has 0 aromatic carbocycles. The van der Waals surface area contributed by atoms with E-state index >= 15 is 0 Å². The van der Waals surface area contributed by atoms with Gasteiger partial charge in [-0.2, -0.15) is 5.10 Å². The average Bonchev–Trinajstić information content (AvgIpc) is 3.15. The molecule has 0 saturated heterocycles. The largest absolute Gasteiger partial charge is 0.492 e. The van der Waals surface area contributed by atoms with Crippen LogP contribution in [0, 0.1) is 0 Å². The summed E-state index contributed by atoms with van der Waals surface area (Å²) in [5.74, 6) is 1.31. The molecule has 9 heteroatoms. The second-order valence-electron chi connectivity index (χ2n) is 6.98. The van der Waals surface area contributed by atoms with Gasteiger partial charge in [-0.15, -0.1) is 0 Å². The Morgan fingerprint density at radius 3 is 2.61 bits per heavy atom. The first-order valence-corrected chi connectivity index (χ1v) is 12.0. The third-order valence-electron chi connectivity index (χ3n) is 5.13. The zero-order valence-corrected chi connectivity index (χ0v) is 19.5. The Morgan fingerprint density at radius 2 is 1.97 bits per heavy atom. The highest BCUT2D eigenvalue weighted by Crippen LogP contribution is 2.39. The van der Waals surface area contributed by atoms with Crippen LogP contribution in [0.3, 0.4) is 0 Å². The van der Waals surface area contributed by atoms with Crippen LogP contribution < -0.4 is 21.2 Å². The highest BCUT2D eigenvalue weighted by Gasteiger charge is 2.20. The Labute approximate surface area is 184 Å². The number of nitrogens with zero attached hydrogens (tertiary/aromatic N) is 4. The van der Waals surface area contributed by atoms with Crippen LogP contribution in [0.5, 0.6) is 5.75 Å². The summed E-state index contributed by atoms with van der Waals surface area (Å²) in [5.41, 5.74) is 9.78. The zero-order valence-electron chi connectivity index (χ0n) is 18.6. The predicted molar refractivity (Wildman–Crippen MR) is 127 cm³/mol. The average molecular weight is 440 g/mol. The summed E-state index contributed by atoms with van der Waals surface area (Å²) in [6.07, 6.45) is 5.77. The number of ketones is 1. The molecular weight excluding hydrogens is 411 g/mol. The highest BCUT2D eigenvalue weighted by molar-refractivity contribution is 7.65. The molecular formula is C22H29N6O2P. The Morgan fingerprint density at radius 1 is 1.23 bits per heavy atom. The van der Waals surface area contributed by atoms with Gasteiger partial charge in [-0.05, 0) is 24.5 Å². The second kappa shape index (κ2) is 9.88. The first kappa shape index (κ1) is 22.7. The first-order chi connectivity index (χ1) is 14.9. The molecule has 3 heterocycles. The van der Waals surface area contributed by atoms with Crippen molar-refractivity contribution in [1.29, 1.82) is 0 Å². The highest BCUT2D eigenvalue weighted by atomic mass is 31.1. The van der Waals surface area contributed by atoms with E-state index in [4.69, 9.17) is 15.6 Å². The summed E-state index contributed by atoms with van der Waals surface area (Å²) in [6.45, 7) is 6.24. The fraction of sp³-hybridized carbons (Fsp3) is 0.364. The van der Waals surface area contributed by atoms with Crippen molar-refractivity contribution in [2.24, 2.45) is 7.05 Å². The maximum atomic E-state index is 12.4. The number of nitrogens with one attached hydrogen (secondary N) is 1. The van der Waals surface area contributed by atoms with Crippen LogP contribution in [-0.4, -0.2) is 45.0 Å². The van der Waals surface area contributed by atoms with E-state index in [1.54, 1.807) is 19.4 Å². The molecule has 0 aliphatic rings. The van der Waals surface area contributed by atoms with Gasteiger partial charge in [-0.25, -0.2) is 9.97 Å². The van der Waals surface area contributed by atoms with E-state index in [1.165, 1.54) is 11.6 Å². The Kier molecular flexibility index (Phi) is 7.23. The van der Waals surface area contributed by atoms with Gasteiger partial charge in [0.2, 0.25) is 0 Å². The van der Waals surface area contributed by atoms with E-state index in [0.717, 1.165) is 23.6 Å². The number of nitrogen functional groups attached to an aromatic ring is 1. The number of anilines is 3. The van der Waals surface area contributed by atoms with Crippen LogP contribution in [-0.2, 0) is 7.05 Å². The summed E-state index contributed by atoms with van der Waals surface area (Å²) in [7, 11) is 3.33. The van der Waals surface area contributed by atoms with Crippen molar-refractivity contribution in [1.82, 2.24) is 19.7 Å². The minimum atomic E-state index is -0.250. The van der Waals surface area contributed by atoms with Crippen molar-refractivity contribution in [2.75, 3.05) is 30.5 Å². The van der Waals surface area contributed by atoms with Crippen LogP contribution in [0.15, 0.2) is 30.6 Å². The molecule has 3 N–H and O–H groups in total. The van der Waals surface area contributed by atoms with E-state index < -0.39 is 0 Å². The summed E-state index contributed by atoms with van der Waals surface area (Å²) < 4.78 is 7.68.